The second kappa shape index (κ2) is 6.49. The van der Waals surface area contributed by atoms with Gasteiger partial charge in [0.05, 0.1) is 25.4 Å². The van der Waals surface area contributed by atoms with E-state index in [0.717, 1.165) is 11.5 Å². The van der Waals surface area contributed by atoms with E-state index in [1.54, 1.807) is 11.8 Å². The Morgan fingerprint density at radius 3 is 2.96 bits per heavy atom. The molecule has 0 spiro atoms. The molecular formula is C15H21N5O3. The molecule has 2 aliphatic heterocycles. The number of carbonyl (C=O) groups is 2. The molecule has 124 valence electrons. The summed E-state index contributed by atoms with van der Waals surface area (Å²) in [5, 5.41) is 2.80. The molecule has 0 bridgehead atoms. The third-order valence-electron chi connectivity index (χ3n) is 4.05. The maximum Gasteiger partial charge on any atom is 0.239 e. The van der Waals surface area contributed by atoms with Gasteiger partial charge in [-0.25, -0.2) is 9.97 Å². The zero-order valence-electron chi connectivity index (χ0n) is 13.4. The van der Waals surface area contributed by atoms with Crippen molar-refractivity contribution in [2.45, 2.75) is 20.0 Å². The maximum absolute atomic E-state index is 11.6. The van der Waals surface area contributed by atoms with Crippen molar-refractivity contribution in [1.82, 2.24) is 20.2 Å². The zero-order valence-corrected chi connectivity index (χ0v) is 13.4. The van der Waals surface area contributed by atoms with E-state index >= 15 is 0 Å². The van der Waals surface area contributed by atoms with Gasteiger partial charge in [-0.05, 0) is 6.92 Å². The monoisotopic (exact) mass is 319 g/mol. The summed E-state index contributed by atoms with van der Waals surface area (Å²) >= 11 is 0. The lowest BCUT2D eigenvalue weighted by Crippen LogP contribution is -2.48. The molecule has 2 fully saturated rings. The van der Waals surface area contributed by atoms with E-state index in [1.807, 2.05) is 17.9 Å². The molecule has 3 rings (SSSR count). The number of carbonyl (C=O) groups excluding carboxylic acids is 2. The normalized spacial score (nSPS) is 22.0. The molecule has 2 amide bonds. The van der Waals surface area contributed by atoms with Crippen LogP contribution in [0.2, 0.25) is 0 Å². The van der Waals surface area contributed by atoms with Crippen molar-refractivity contribution in [3.05, 3.63) is 17.6 Å². The minimum Gasteiger partial charge on any atom is -0.368 e. The summed E-state index contributed by atoms with van der Waals surface area (Å²) in [4.78, 5) is 35.7. The van der Waals surface area contributed by atoms with Gasteiger partial charge in [-0.2, -0.15) is 0 Å². The number of rotatable bonds is 2. The van der Waals surface area contributed by atoms with Gasteiger partial charge in [-0.1, -0.05) is 0 Å². The minimum atomic E-state index is -0.258. The van der Waals surface area contributed by atoms with Gasteiger partial charge in [-0.3, -0.25) is 9.59 Å². The highest BCUT2D eigenvalue weighted by Gasteiger charge is 2.26. The average Bonchev–Trinajstić information content (AvgIpc) is 2.54. The lowest BCUT2D eigenvalue weighted by molar-refractivity contribution is -0.136. The summed E-state index contributed by atoms with van der Waals surface area (Å²) in [6.45, 7) is 6.59. The molecule has 8 nitrogen and oxygen atoms in total. The first-order valence-electron chi connectivity index (χ1n) is 7.77. The van der Waals surface area contributed by atoms with Crippen LogP contribution in [0.25, 0.3) is 0 Å². The van der Waals surface area contributed by atoms with Crippen molar-refractivity contribution in [1.29, 1.82) is 0 Å². The molecule has 2 saturated heterocycles. The largest absolute Gasteiger partial charge is 0.368 e. The third kappa shape index (κ3) is 3.58. The van der Waals surface area contributed by atoms with Crippen LogP contribution in [0.5, 0.6) is 0 Å². The number of nitrogens with zero attached hydrogens (tertiary/aromatic N) is 4. The van der Waals surface area contributed by atoms with E-state index in [9.17, 15) is 9.59 Å². The van der Waals surface area contributed by atoms with Gasteiger partial charge in [0.1, 0.15) is 17.7 Å². The standard InChI is InChI=1S/C15H21N5O3/c1-10-17-12(13-8-19(11(2)21)5-6-23-13)7-14(18-10)20-4-3-16-15(22)9-20/h7,13H,3-6,8-9H2,1-2H3,(H,16,22). The molecule has 1 N–H and O–H groups in total. The number of aromatic nitrogens is 2. The summed E-state index contributed by atoms with van der Waals surface area (Å²) in [6.07, 6.45) is -0.258. The summed E-state index contributed by atoms with van der Waals surface area (Å²) < 4.78 is 5.78. The van der Waals surface area contributed by atoms with Crippen LogP contribution in [0.4, 0.5) is 5.82 Å². The van der Waals surface area contributed by atoms with Crippen LogP contribution in [-0.4, -0.2) is 66.0 Å². The fourth-order valence-corrected chi connectivity index (χ4v) is 2.85. The van der Waals surface area contributed by atoms with E-state index in [0.29, 0.717) is 45.2 Å². The molecule has 0 aliphatic carbocycles. The van der Waals surface area contributed by atoms with Gasteiger partial charge in [0.15, 0.2) is 0 Å². The van der Waals surface area contributed by atoms with E-state index in [1.165, 1.54) is 0 Å². The highest BCUT2D eigenvalue weighted by Crippen LogP contribution is 2.24. The summed E-state index contributed by atoms with van der Waals surface area (Å²) in [5.74, 6) is 1.39. The lowest BCUT2D eigenvalue weighted by atomic mass is 10.2. The smallest absolute Gasteiger partial charge is 0.239 e. The van der Waals surface area contributed by atoms with Gasteiger partial charge in [-0.15, -0.1) is 0 Å². The van der Waals surface area contributed by atoms with Gasteiger partial charge in [0.2, 0.25) is 11.8 Å². The van der Waals surface area contributed by atoms with Gasteiger partial charge >= 0.3 is 0 Å². The Kier molecular flexibility index (Phi) is 4.42. The van der Waals surface area contributed by atoms with Crippen molar-refractivity contribution in [2.24, 2.45) is 0 Å². The number of hydrogen-bond donors (Lipinski definition) is 1. The fourth-order valence-electron chi connectivity index (χ4n) is 2.85. The summed E-state index contributed by atoms with van der Waals surface area (Å²) in [6, 6.07) is 1.86. The molecule has 0 saturated carbocycles. The van der Waals surface area contributed by atoms with Crippen molar-refractivity contribution < 1.29 is 14.3 Å². The van der Waals surface area contributed by atoms with E-state index in [-0.39, 0.29) is 17.9 Å². The Labute approximate surface area is 134 Å². The molecule has 1 aromatic heterocycles. The SMILES string of the molecule is CC(=O)N1CCOC(c2cc(N3CCNC(=O)C3)nc(C)n2)C1. The van der Waals surface area contributed by atoms with Crippen molar-refractivity contribution in [3.63, 3.8) is 0 Å². The van der Waals surface area contributed by atoms with Gasteiger partial charge in [0.25, 0.3) is 0 Å². The Hall–Kier alpha value is -2.22. The number of amides is 2. The van der Waals surface area contributed by atoms with Crippen LogP contribution >= 0.6 is 0 Å². The van der Waals surface area contributed by atoms with Gasteiger partial charge < -0.3 is 19.9 Å². The molecule has 3 heterocycles. The first-order valence-corrected chi connectivity index (χ1v) is 7.77. The van der Waals surface area contributed by atoms with Gasteiger partial charge in [0, 0.05) is 32.6 Å². The highest BCUT2D eigenvalue weighted by molar-refractivity contribution is 5.82. The van der Waals surface area contributed by atoms with Crippen LogP contribution in [0, 0.1) is 6.92 Å². The number of nitrogens with one attached hydrogen (secondary N) is 1. The Bertz CT molecular complexity index is 621. The maximum atomic E-state index is 11.6. The Morgan fingerprint density at radius 2 is 2.22 bits per heavy atom. The topological polar surface area (TPSA) is 87.7 Å². The first kappa shape index (κ1) is 15.7. The predicted octanol–water partition coefficient (Wildman–Crippen LogP) is -0.359. The van der Waals surface area contributed by atoms with E-state index in [2.05, 4.69) is 15.3 Å². The van der Waals surface area contributed by atoms with Crippen LogP contribution in [0.3, 0.4) is 0 Å². The number of ether oxygens (including phenoxy) is 1. The second-order valence-corrected chi connectivity index (χ2v) is 5.79. The molecule has 1 aromatic rings. The van der Waals surface area contributed by atoms with Crippen LogP contribution in [-0.2, 0) is 14.3 Å². The first-order chi connectivity index (χ1) is 11.0. The highest BCUT2D eigenvalue weighted by atomic mass is 16.5. The predicted molar refractivity (Wildman–Crippen MR) is 82.9 cm³/mol. The van der Waals surface area contributed by atoms with Crippen LogP contribution in [0.1, 0.15) is 24.5 Å². The molecule has 0 aromatic carbocycles. The molecule has 1 atom stereocenters. The average molecular weight is 319 g/mol. The fraction of sp³-hybridized carbons (Fsp3) is 0.600. The number of hydrogen-bond acceptors (Lipinski definition) is 6. The van der Waals surface area contributed by atoms with E-state index in [4.69, 9.17) is 4.74 Å². The number of aryl methyl sites for hydroxylation is 1. The van der Waals surface area contributed by atoms with Crippen LogP contribution in [0.15, 0.2) is 6.07 Å². The summed E-state index contributed by atoms with van der Waals surface area (Å²) in [5.41, 5.74) is 0.754. The van der Waals surface area contributed by atoms with E-state index < -0.39 is 0 Å². The lowest BCUT2D eigenvalue weighted by Gasteiger charge is -2.33. The molecule has 23 heavy (non-hydrogen) atoms. The molecule has 1 unspecified atom stereocenters. The molecule has 0 radical (unpaired) electrons. The van der Waals surface area contributed by atoms with Crippen molar-refractivity contribution >= 4 is 17.6 Å². The Morgan fingerprint density at radius 1 is 1.39 bits per heavy atom. The quantitative estimate of drug-likeness (QED) is 0.801. The third-order valence-corrected chi connectivity index (χ3v) is 4.05. The van der Waals surface area contributed by atoms with Crippen LogP contribution < -0.4 is 10.2 Å². The van der Waals surface area contributed by atoms with Crippen molar-refractivity contribution in [3.8, 4) is 0 Å². The molecular weight excluding hydrogens is 298 g/mol. The number of anilines is 1. The number of piperazine rings is 1. The second-order valence-electron chi connectivity index (χ2n) is 5.79. The zero-order chi connectivity index (χ0) is 16.4. The molecule has 8 heteroatoms. The molecule has 2 aliphatic rings. The summed E-state index contributed by atoms with van der Waals surface area (Å²) in [7, 11) is 0. The van der Waals surface area contributed by atoms with Crippen molar-refractivity contribution in [2.75, 3.05) is 44.2 Å². The number of morpholine rings is 1. The Balaban J connectivity index is 1.82. The minimum absolute atomic E-state index is 0.00858.